The molecule has 0 spiro atoms. The zero-order valence-corrected chi connectivity index (χ0v) is 33.1. The van der Waals surface area contributed by atoms with Gasteiger partial charge in [0.2, 0.25) is 0 Å². The Morgan fingerprint density at radius 3 is 1.77 bits per heavy atom. The first kappa shape index (κ1) is 34.9. The lowest BCUT2D eigenvalue weighted by Gasteiger charge is -2.28. The third kappa shape index (κ3) is 5.90. The summed E-state index contributed by atoms with van der Waals surface area (Å²) >= 11 is 0. The van der Waals surface area contributed by atoms with Crippen LogP contribution in [0, 0.1) is 0 Å². The predicted molar refractivity (Wildman–Crippen MR) is 255 cm³/mol. The molecule has 3 heteroatoms. The molecule has 286 valence electrons. The summed E-state index contributed by atoms with van der Waals surface area (Å²) in [5.41, 5.74) is 16.0. The van der Waals surface area contributed by atoms with E-state index in [1.807, 2.05) is 12.1 Å². The molecule has 0 N–H and O–H groups in total. The van der Waals surface area contributed by atoms with Crippen LogP contribution >= 0.6 is 0 Å². The molecule has 0 aliphatic carbocycles. The van der Waals surface area contributed by atoms with Gasteiger partial charge in [-0.1, -0.05) is 164 Å². The second-order valence-corrected chi connectivity index (χ2v) is 15.6. The normalized spacial score (nSPS) is 11.6. The lowest BCUT2D eigenvalue weighted by Crippen LogP contribution is -2.11. The third-order valence-electron chi connectivity index (χ3n) is 12.1. The van der Waals surface area contributed by atoms with Crippen molar-refractivity contribution in [3.63, 3.8) is 0 Å². The van der Waals surface area contributed by atoms with Gasteiger partial charge in [0.1, 0.15) is 22.3 Å². The summed E-state index contributed by atoms with van der Waals surface area (Å²) in [6.45, 7) is 0. The van der Waals surface area contributed by atoms with Crippen LogP contribution in [0.5, 0.6) is 0 Å². The molecule has 0 aliphatic rings. The van der Waals surface area contributed by atoms with E-state index in [0.717, 1.165) is 94.0 Å². The van der Waals surface area contributed by atoms with E-state index in [1.54, 1.807) is 0 Å². The Kier molecular flexibility index (Phi) is 8.17. The van der Waals surface area contributed by atoms with Gasteiger partial charge < -0.3 is 13.7 Å². The van der Waals surface area contributed by atoms with Gasteiger partial charge in [0, 0.05) is 32.8 Å². The SMILES string of the molecule is c1ccc(-c2ccc(-c3ccc(N(c4ccccc4-c4ccc5oc6ccccc6c5c4)c4cccc5oc6c7ccccc7ccc6c45)cc3)cc2-c2ccccc2)cc1. The van der Waals surface area contributed by atoms with E-state index in [0.29, 0.717) is 0 Å². The molecule has 0 amide bonds. The summed E-state index contributed by atoms with van der Waals surface area (Å²) in [5.74, 6) is 0. The first-order chi connectivity index (χ1) is 30.2. The molecule has 12 rings (SSSR count). The smallest absolute Gasteiger partial charge is 0.143 e. The number of hydrogen-bond acceptors (Lipinski definition) is 3. The molecule has 0 bridgehead atoms. The van der Waals surface area contributed by atoms with Crippen molar-refractivity contribution in [1.82, 2.24) is 0 Å². The van der Waals surface area contributed by atoms with Gasteiger partial charge in [-0.25, -0.2) is 0 Å². The Hall–Kier alpha value is -8.14. The van der Waals surface area contributed by atoms with Crippen LogP contribution in [-0.4, -0.2) is 0 Å². The number of nitrogens with zero attached hydrogens (tertiary/aromatic N) is 1. The maximum Gasteiger partial charge on any atom is 0.143 e. The van der Waals surface area contributed by atoms with Crippen molar-refractivity contribution in [3.8, 4) is 44.5 Å². The van der Waals surface area contributed by atoms with Crippen molar-refractivity contribution < 1.29 is 8.83 Å². The van der Waals surface area contributed by atoms with Crippen LogP contribution in [0.4, 0.5) is 17.1 Å². The van der Waals surface area contributed by atoms with Crippen LogP contribution in [0.2, 0.25) is 0 Å². The average molecular weight is 780 g/mol. The molecule has 0 unspecified atom stereocenters. The van der Waals surface area contributed by atoms with E-state index in [2.05, 4.69) is 217 Å². The largest absolute Gasteiger partial charge is 0.456 e. The number of hydrogen-bond donors (Lipinski definition) is 0. The van der Waals surface area contributed by atoms with Crippen LogP contribution in [0.25, 0.3) is 99.2 Å². The van der Waals surface area contributed by atoms with Crippen molar-refractivity contribution in [2.75, 3.05) is 4.90 Å². The summed E-state index contributed by atoms with van der Waals surface area (Å²) in [7, 11) is 0. The fourth-order valence-electron chi connectivity index (χ4n) is 9.19. The van der Waals surface area contributed by atoms with Crippen molar-refractivity contribution in [2.45, 2.75) is 0 Å². The quantitative estimate of drug-likeness (QED) is 0.161. The minimum absolute atomic E-state index is 0.848. The molecule has 2 heterocycles. The first-order valence-electron chi connectivity index (χ1n) is 20.7. The topological polar surface area (TPSA) is 29.5 Å². The van der Waals surface area contributed by atoms with Gasteiger partial charge in [-0.2, -0.15) is 0 Å². The van der Waals surface area contributed by atoms with E-state index in [1.165, 1.54) is 22.3 Å². The summed E-state index contributed by atoms with van der Waals surface area (Å²) in [5, 5.41) is 6.62. The predicted octanol–water partition coefficient (Wildman–Crippen LogP) is 16.8. The van der Waals surface area contributed by atoms with E-state index in [4.69, 9.17) is 8.83 Å². The second kappa shape index (κ2) is 14.3. The molecular formula is C58H37NO2. The highest BCUT2D eigenvalue weighted by Gasteiger charge is 2.23. The van der Waals surface area contributed by atoms with Gasteiger partial charge in [-0.3, -0.25) is 0 Å². The number of anilines is 3. The summed E-state index contributed by atoms with van der Waals surface area (Å²) in [6, 6.07) is 80.0. The van der Waals surface area contributed by atoms with Crippen LogP contribution in [0.15, 0.2) is 233 Å². The minimum atomic E-state index is 0.848. The zero-order chi connectivity index (χ0) is 40.3. The number of benzene rings is 10. The lowest BCUT2D eigenvalue weighted by atomic mass is 9.91. The summed E-state index contributed by atoms with van der Waals surface area (Å²) in [4.78, 5) is 2.40. The van der Waals surface area contributed by atoms with Crippen LogP contribution in [0.1, 0.15) is 0 Å². The van der Waals surface area contributed by atoms with E-state index < -0.39 is 0 Å². The Morgan fingerprint density at radius 2 is 0.934 bits per heavy atom. The molecule has 0 saturated heterocycles. The maximum atomic E-state index is 6.75. The van der Waals surface area contributed by atoms with E-state index >= 15 is 0 Å². The van der Waals surface area contributed by atoms with Crippen molar-refractivity contribution in [3.05, 3.63) is 224 Å². The highest BCUT2D eigenvalue weighted by molar-refractivity contribution is 6.20. The third-order valence-corrected chi connectivity index (χ3v) is 12.1. The molecule has 12 aromatic rings. The highest BCUT2D eigenvalue weighted by atomic mass is 16.3. The number of rotatable bonds is 7. The number of fused-ring (bicyclic) bond motifs is 8. The molecule has 10 aromatic carbocycles. The van der Waals surface area contributed by atoms with E-state index in [-0.39, 0.29) is 0 Å². The molecule has 3 nitrogen and oxygen atoms in total. The van der Waals surface area contributed by atoms with Gasteiger partial charge in [-0.05, 0) is 105 Å². The molecule has 0 aliphatic heterocycles. The average Bonchev–Trinajstić information content (AvgIpc) is 3.91. The minimum Gasteiger partial charge on any atom is -0.456 e. The Bertz CT molecular complexity index is 3580. The van der Waals surface area contributed by atoms with Crippen molar-refractivity contribution in [1.29, 1.82) is 0 Å². The Labute approximate surface area is 353 Å². The standard InChI is InChI=1S/C58H37NO2/c1-3-14-39(15-4-1)45-33-29-42(36-50(45)40-16-5-2-6-17-40)38-26-31-44(32-27-38)59(53-23-13-25-56-57(53)49-34-28-41-18-7-8-20-47(41)58(49)61-56)52-22-11-9-19-46(52)43-30-35-55-51(37-43)48-21-10-12-24-54(48)60-55/h1-37H. The fourth-order valence-corrected chi connectivity index (χ4v) is 9.19. The zero-order valence-electron chi connectivity index (χ0n) is 33.1. The Balaban J connectivity index is 1.05. The molecule has 0 fully saturated rings. The second-order valence-electron chi connectivity index (χ2n) is 15.6. The van der Waals surface area contributed by atoms with Crippen molar-refractivity contribution >= 4 is 71.7 Å². The monoisotopic (exact) mass is 779 g/mol. The molecule has 0 atom stereocenters. The molecular weight excluding hydrogens is 743 g/mol. The van der Waals surface area contributed by atoms with Crippen LogP contribution < -0.4 is 4.90 Å². The van der Waals surface area contributed by atoms with Gasteiger partial charge in [0.25, 0.3) is 0 Å². The van der Waals surface area contributed by atoms with Crippen LogP contribution in [0.3, 0.4) is 0 Å². The van der Waals surface area contributed by atoms with Gasteiger partial charge in [0.05, 0.1) is 16.8 Å². The number of para-hydroxylation sites is 2. The summed E-state index contributed by atoms with van der Waals surface area (Å²) < 4.78 is 13.0. The van der Waals surface area contributed by atoms with Crippen LogP contribution in [-0.2, 0) is 0 Å². The van der Waals surface area contributed by atoms with Gasteiger partial charge >= 0.3 is 0 Å². The van der Waals surface area contributed by atoms with E-state index in [9.17, 15) is 0 Å². The molecule has 0 radical (unpaired) electrons. The molecule has 61 heavy (non-hydrogen) atoms. The fraction of sp³-hybridized carbons (Fsp3) is 0. The van der Waals surface area contributed by atoms with Crippen molar-refractivity contribution in [2.24, 2.45) is 0 Å². The first-order valence-corrected chi connectivity index (χ1v) is 20.7. The summed E-state index contributed by atoms with van der Waals surface area (Å²) in [6.07, 6.45) is 0. The van der Waals surface area contributed by atoms with Gasteiger partial charge in [-0.15, -0.1) is 0 Å². The number of furan rings is 2. The maximum absolute atomic E-state index is 6.75. The Morgan fingerprint density at radius 1 is 0.295 bits per heavy atom. The lowest BCUT2D eigenvalue weighted by molar-refractivity contribution is 0.669. The molecule has 0 saturated carbocycles. The highest BCUT2D eigenvalue weighted by Crippen LogP contribution is 2.48. The van der Waals surface area contributed by atoms with Gasteiger partial charge in [0.15, 0.2) is 0 Å². The molecule has 2 aromatic heterocycles.